The van der Waals surface area contributed by atoms with Crippen LogP contribution >= 0.6 is 0 Å². The fourth-order valence-electron chi connectivity index (χ4n) is 5.31. The molecule has 6 rings (SSSR count). The zero-order chi connectivity index (χ0) is 25.1. The van der Waals surface area contributed by atoms with Crippen LogP contribution in [0.5, 0.6) is 0 Å². The molecule has 1 N–H and O–H groups in total. The number of aryl methyl sites for hydroxylation is 2. The third-order valence-electron chi connectivity index (χ3n) is 7.10. The molecule has 0 saturated carbocycles. The zero-order valence-electron chi connectivity index (χ0n) is 20.1. The van der Waals surface area contributed by atoms with Crippen LogP contribution in [-0.2, 0) is 14.1 Å². The van der Waals surface area contributed by atoms with E-state index in [-0.39, 0.29) is 17.3 Å². The molecule has 0 saturated heterocycles. The molecule has 0 spiro atoms. The topological polar surface area (TPSA) is 84.8 Å². The van der Waals surface area contributed by atoms with Crippen LogP contribution in [0.2, 0.25) is 0 Å². The van der Waals surface area contributed by atoms with Crippen molar-refractivity contribution in [2.24, 2.45) is 14.1 Å². The minimum atomic E-state index is -0.380. The third-order valence-corrected chi connectivity index (χ3v) is 7.10. The highest BCUT2D eigenvalue weighted by Crippen LogP contribution is 2.45. The molecule has 0 aliphatic carbocycles. The van der Waals surface area contributed by atoms with Gasteiger partial charge < -0.3 is 9.88 Å². The summed E-state index contributed by atoms with van der Waals surface area (Å²) < 4.78 is 4.87. The molecule has 36 heavy (non-hydrogen) atoms. The monoisotopic (exact) mass is 473 g/mol. The molecule has 5 aromatic rings. The number of fused-ring (bicyclic) bond motifs is 5. The van der Waals surface area contributed by atoms with Gasteiger partial charge in [0.2, 0.25) is 0 Å². The summed E-state index contributed by atoms with van der Waals surface area (Å²) in [6.45, 7) is 2.03. The summed E-state index contributed by atoms with van der Waals surface area (Å²) in [4.78, 5) is 26.9. The summed E-state index contributed by atoms with van der Waals surface area (Å²) in [7, 11) is 3.23. The number of aromatic nitrogens is 3. The van der Waals surface area contributed by atoms with Gasteiger partial charge in [0.15, 0.2) is 0 Å². The Bertz CT molecular complexity index is 1850. The molecular formula is C29H23N5O2. The zero-order valence-corrected chi connectivity index (χ0v) is 20.1. The molecule has 176 valence electrons. The van der Waals surface area contributed by atoms with Gasteiger partial charge in [-0.3, -0.25) is 13.9 Å². The third kappa shape index (κ3) is 2.91. The Balaban J connectivity index is 1.85. The summed E-state index contributed by atoms with van der Waals surface area (Å²) >= 11 is 0. The first kappa shape index (κ1) is 21.7. The van der Waals surface area contributed by atoms with Gasteiger partial charge in [-0.25, -0.2) is 4.79 Å². The predicted molar refractivity (Wildman–Crippen MR) is 141 cm³/mol. The summed E-state index contributed by atoms with van der Waals surface area (Å²) in [5, 5.41) is 13.4. The Morgan fingerprint density at radius 2 is 1.58 bits per heavy atom. The van der Waals surface area contributed by atoms with Crippen molar-refractivity contribution in [3.05, 3.63) is 116 Å². The van der Waals surface area contributed by atoms with Crippen LogP contribution in [0.3, 0.4) is 0 Å². The van der Waals surface area contributed by atoms with Crippen molar-refractivity contribution in [2.45, 2.75) is 13.0 Å². The minimum absolute atomic E-state index is 0.329. The van der Waals surface area contributed by atoms with E-state index < -0.39 is 0 Å². The van der Waals surface area contributed by atoms with Gasteiger partial charge in [0, 0.05) is 19.7 Å². The van der Waals surface area contributed by atoms with Crippen LogP contribution in [0.15, 0.2) is 82.4 Å². The lowest BCUT2D eigenvalue weighted by molar-refractivity contribution is 0.708. The standard InChI is InChI=1S/C29H23N5O2/c1-17-8-4-5-9-20(17)25-23-26(32(2)29(36)33(3)28(23)35)27-24(19-14-12-18(16-30)13-15-19)31-21-10-6-7-11-22(21)34(25)27/h4-15,24,31H,1-3H3/t24-/m0/s1. The molecule has 0 fully saturated rings. The number of benzene rings is 3. The van der Waals surface area contributed by atoms with Crippen molar-refractivity contribution >= 4 is 16.6 Å². The molecule has 3 heterocycles. The Labute approximate surface area is 207 Å². The maximum Gasteiger partial charge on any atom is 0.331 e. The minimum Gasteiger partial charge on any atom is -0.371 e. The Morgan fingerprint density at radius 1 is 0.889 bits per heavy atom. The SMILES string of the molecule is Cc1ccccc1-c1c2c(=O)n(C)c(=O)n(C)c2c2n1-c1ccccc1N[C@H]2c1ccc(C#N)cc1. The van der Waals surface area contributed by atoms with Crippen molar-refractivity contribution in [3.63, 3.8) is 0 Å². The lowest BCUT2D eigenvalue weighted by Gasteiger charge is -2.31. The highest BCUT2D eigenvalue weighted by molar-refractivity contribution is 5.99. The molecule has 7 heteroatoms. The summed E-state index contributed by atoms with van der Waals surface area (Å²) in [6, 6.07) is 25.2. The van der Waals surface area contributed by atoms with Crippen LogP contribution in [0.1, 0.15) is 28.4 Å². The molecule has 0 unspecified atom stereocenters. The van der Waals surface area contributed by atoms with Crippen molar-refractivity contribution in [1.82, 2.24) is 13.7 Å². The number of para-hydroxylation sites is 2. The van der Waals surface area contributed by atoms with E-state index >= 15 is 0 Å². The van der Waals surface area contributed by atoms with E-state index in [1.807, 2.05) is 67.6 Å². The normalized spacial score (nSPS) is 14.1. The molecular weight excluding hydrogens is 450 g/mol. The Hall–Kier alpha value is -4.83. The predicted octanol–water partition coefficient (Wildman–Crippen LogP) is 4.39. The number of nitrogens with zero attached hydrogens (tertiary/aromatic N) is 4. The smallest absolute Gasteiger partial charge is 0.331 e. The van der Waals surface area contributed by atoms with Crippen molar-refractivity contribution in [3.8, 4) is 23.0 Å². The first-order chi connectivity index (χ1) is 17.4. The van der Waals surface area contributed by atoms with Crippen LogP contribution in [-0.4, -0.2) is 13.7 Å². The summed E-state index contributed by atoms with van der Waals surface area (Å²) in [5.41, 5.74) is 6.73. The summed E-state index contributed by atoms with van der Waals surface area (Å²) in [5.74, 6) is 0. The molecule has 7 nitrogen and oxygen atoms in total. The molecule has 1 aliphatic heterocycles. The first-order valence-electron chi connectivity index (χ1n) is 11.7. The second kappa shape index (κ2) is 7.85. The van der Waals surface area contributed by atoms with Crippen LogP contribution in [0.25, 0.3) is 27.8 Å². The number of hydrogen-bond donors (Lipinski definition) is 1. The summed E-state index contributed by atoms with van der Waals surface area (Å²) in [6.07, 6.45) is 0. The molecule has 0 amide bonds. The number of hydrogen-bond acceptors (Lipinski definition) is 4. The van der Waals surface area contributed by atoms with E-state index in [1.165, 1.54) is 11.6 Å². The van der Waals surface area contributed by atoms with E-state index in [4.69, 9.17) is 0 Å². The fraction of sp³-hybridized carbons (Fsp3) is 0.138. The van der Waals surface area contributed by atoms with Crippen LogP contribution < -0.4 is 16.6 Å². The Morgan fingerprint density at radius 3 is 2.31 bits per heavy atom. The lowest BCUT2D eigenvalue weighted by atomic mass is 9.98. The van der Waals surface area contributed by atoms with Crippen molar-refractivity contribution in [2.75, 3.05) is 5.32 Å². The van der Waals surface area contributed by atoms with E-state index in [1.54, 1.807) is 23.7 Å². The van der Waals surface area contributed by atoms with E-state index in [2.05, 4.69) is 16.0 Å². The highest BCUT2D eigenvalue weighted by Gasteiger charge is 2.34. The van der Waals surface area contributed by atoms with Crippen LogP contribution in [0.4, 0.5) is 5.69 Å². The second-order valence-corrected chi connectivity index (χ2v) is 9.14. The molecule has 0 radical (unpaired) electrons. The van der Waals surface area contributed by atoms with Gasteiger partial charge in [-0.05, 0) is 42.3 Å². The van der Waals surface area contributed by atoms with Gasteiger partial charge in [-0.1, -0.05) is 48.5 Å². The fourth-order valence-corrected chi connectivity index (χ4v) is 5.31. The van der Waals surface area contributed by atoms with Gasteiger partial charge in [0.05, 0.1) is 51.3 Å². The lowest BCUT2D eigenvalue weighted by Crippen LogP contribution is -2.37. The quantitative estimate of drug-likeness (QED) is 0.412. The van der Waals surface area contributed by atoms with Gasteiger partial charge >= 0.3 is 5.69 Å². The first-order valence-corrected chi connectivity index (χ1v) is 11.7. The van der Waals surface area contributed by atoms with Gasteiger partial charge in [0.1, 0.15) is 0 Å². The van der Waals surface area contributed by atoms with Gasteiger partial charge in [-0.2, -0.15) is 5.26 Å². The number of nitrogens with one attached hydrogen (secondary N) is 1. The van der Waals surface area contributed by atoms with E-state index in [0.717, 1.165) is 39.5 Å². The highest BCUT2D eigenvalue weighted by atomic mass is 16.2. The van der Waals surface area contributed by atoms with Gasteiger partial charge in [0.25, 0.3) is 5.56 Å². The van der Waals surface area contributed by atoms with Crippen LogP contribution in [0, 0.1) is 18.3 Å². The number of rotatable bonds is 2. The molecule has 1 aliphatic rings. The van der Waals surface area contributed by atoms with Crippen molar-refractivity contribution < 1.29 is 0 Å². The average molecular weight is 474 g/mol. The maximum absolute atomic E-state index is 13.7. The maximum atomic E-state index is 13.7. The van der Waals surface area contributed by atoms with Crippen molar-refractivity contribution in [1.29, 1.82) is 5.26 Å². The second-order valence-electron chi connectivity index (χ2n) is 9.14. The average Bonchev–Trinajstić information content (AvgIpc) is 3.27. The molecule has 1 atom stereocenters. The number of anilines is 1. The van der Waals surface area contributed by atoms with E-state index in [0.29, 0.717) is 16.5 Å². The van der Waals surface area contributed by atoms with Gasteiger partial charge in [-0.15, -0.1) is 0 Å². The van der Waals surface area contributed by atoms with E-state index in [9.17, 15) is 14.9 Å². The molecule has 0 bridgehead atoms. The number of nitriles is 1. The molecule has 2 aromatic heterocycles. The molecule has 3 aromatic carbocycles. The Kier molecular flexibility index (Phi) is 4.73. The largest absolute Gasteiger partial charge is 0.371 e.